The summed E-state index contributed by atoms with van der Waals surface area (Å²) in [6, 6.07) is 0.794. The van der Waals surface area contributed by atoms with Crippen LogP contribution in [-0.4, -0.2) is 54.0 Å². The number of carbonyl (C=O) groups excluding carboxylic acids is 1. The average molecular weight is 352 g/mol. The predicted octanol–water partition coefficient (Wildman–Crippen LogP) is 2.15. The van der Waals surface area contributed by atoms with E-state index in [2.05, 4.69) is 23.6 Å². The van der Waals surface area contributed by atoms with Crippen LogP contribution in [0.4, 0.5) is 0 Å². The van der Waals surface area contributed by atoms with Gasteiger partial charge >= 0.3 is 0 Å². The van der Waals surface area contributed by atoms with Crippen molar-refractivity contribution in [2.45, 2.75) is 51.6 Å². The Hall–Kier alpha value is -0.0300. The van der Waals surface area contributed by atoms with Crippen molar-refractivity contribution in [1.82, 2.24) is 9.80 Å². The molecule has 0 aromatic rings. The monoisotopic (exact) mass is 351 g/mol. The Bertz CT molecular complexity index is 366. The summed E-state index contributed by atoms with van der Waals surface area (Å²) in [7, 11) is 0. The van der Waals surface area contributed by atoms with E-state index >= 15 is 0 Å². The molecule has 130 valence electrons. The zero-order valence-electron chi connectivity index (χ0n) is 13.7. The summed E-state index contributed by atoms with van der Waals surface area (Å²) in [5.74, 6) is 2.45. The summed E-state index contributed by atoms with van der Waals surface area (Å²) in [6.07, 6.45) is 4.45. The normalized spacial score (nSPS) is 35.3. The molecule has 2 unspecified atom stereocenters. The maximum absolute atomic E-state index is 11.9. The Kier molecular flexibility index (Phi) is 7.44. The standard InChI is InChI=1S/C16H29N3O.2ClH/c1-11(2)19-8-12(3-6-15(19)20)7-18-9-13-4-5-14(10-18)16(13)17;;/h11-14,16H,3-10,17H2,1-2H3;2*1H/t12?,13-,14+,16?;;. The highest BCUT2D eigenvalue weighted by Gasteiger charge is 2.40. The van der Waals surface area contributed by atoms with Gasteiger partial charge in [0, 0.05) is 44.7 Å². The van der Waals surface area contributed by atoms with Gasteiger partial charge in [-0.05, 0) is 50.9 Å². The lowest BCUT2D eigenvalue weighted by molar-refractivity contribution is -0.137. The van der Waals surface area contributed by atoms with Crippen LogP contribution in [0.1, 0.15) is 39.5 Å². The molecular formula is C16H31Cl2N3O. The molecule has 4 atom stereocenters. The lowest BCUT2D eigenvalue weighted by atomic mass is 9.90. The van der Waals surface area contributed by atoms with Gasteiger partial charge in [0.15, 0.2) is 0 Å². The highest BCUT2D eigenvalue weighted by Crippen LogP contribution is 2.36. The Labute approximate surface area is 147 Å². The van der Waals surface area contributed by atoms with E-state index in [0.717, 1.165) is 37.8 Å². The number of likely N-dealkylation sites (tertiary alicyclic amines) is 2. The van der Waals surface area contributed by atoms with Crippen molar-refractivity contribution in [1.29, 1.82) is 0 Å². The Morgan fingerprint density at radius 1 is 1.09 bits per heavy atom. The predicted molar refractivity (Wildman–Crippen MR) is 94.7 cm³/mol. The van der Waals surface area contributed by atoms with Crippen molar-refractivity contribution >= 4 is 30.7 Å². The molecule has 1 amide bonds. The molecule has 4 nitrogen and oxygen atoms in total. The van der Waals surface area contributed by atoms with Gasteiger partial charge in [-0.25, -0.2) is 0 Å². The minimum Gasteiger partial charge on any atom is -0.340 e. The second-order valence-electron chi connectivity index (χ2n) is 7.44. The van der Waals surface area contributed by atoms with Crippen LogP contribution >= 0.6 is 24.8 Å². The van der Waals surface area contributed by atoms with Crippen molar-refractivity contribution in [3.8, 4) is 0 Å². The third-order valence-electron chi connectivity index (χ3n) is 5.66. The number of nitrogens with zero attached hydrogens (tertiary/aromatic N) is 2. The maximum Gasteiger partial charge on any atom is 0.222 e. The highest BCUT2D eigenvalue weighted by molar-refractivity contribution is 5.85. The smallest absolute Gasteiger partial charge is 0.222 e. The zero-order valence-corrected chi connectivity index (χ0v) is 15.4. The molecule has 2 saturated heterocycles. The van der Waals surface area contributed by atoms with Crippen LogP contribution in [-0.2, 0) is 4.79 Å². The molecule has 2 N–H and O–H groups in total. The van der Waals surface area contributed by atoms with Gasteiger partial charge in [0.25, 0.3) is 0 Å². The van der Waals surface area contributed by atoms with E-state index < -0.39 is 0 Å². The van der Waals surface area contributed by atoms with E-state index in [1.807, 2.05) is 0 Å². The van der Waals surface area contributed by atoms with Gasteiger partial charge in [-0.15, -0.1) is 24.8 Å². The summed E-state index contributed by atoms with van der Waals surface area (Å²) in [5, 5.41) is 0. The molecule has 6 heteroatoms. The fourth-order valence-electron chi connectivity index (χ4n) is 4.47. The third kappa shape index (κ3) is 4.08. The molecule has 1 saturated carbocycles. The first kappa shape index (κ1) is 20.0. The molecule has 22 heavy (non-hydrogen) atoms. The second kappa shape index (κ2) is 8.18. The van der Waals surface area contributed by atoms with Crippen molar-refractivity contribution in [2.75, 3.05) is 26.2 Å². The summed E-state index contributed by atoms with van der Waals surface area (Å²) in [6.45, 7) is 8.74. The molecule has 0 radical (unpaired) electrons. The molecular weight excluding hydrogens is 321 g/mol. The molecule has 2 heterocycles. The van der Waals surface area contributed by atoms with Crippen LogP contribution < -0.4 is 5.73 Å². The fourth-order valence-corrected chi connectivity index (χ4v) is 4.47. The fraction of sp³-hybridized carbons (Fsp3) is 0.938. The Morgan fingerprint density at radius 2 is 1.68 bits per heavy atom. The number of fused-ring (bicyclic) bond motifs is 2. The molecule has 0 aromatic carbocycles. The first-order valence-corrected chi connectivity index (χ1v) is 8.32. The van der Waals surface area contributed by atoms with E-state index in [0.29, 0.717) is 23.9 Å². The van der Waals surface area contributed by atoms with E-state index in [1.165, 1.54) is 25.9 Å². The number of carbonyl (C=O) groups is 1. The first-order valence-electron chi connectivity index (χ1n) is 8.32. The van der Waals surface area contributed by atoms with E-state index in [9.17, 15) is 4.79 Å². The summed E-state index contributed by atoms with van der Waals surface area (Å²) < 4.78 is 0. The lowest BCUT2D eigenvalue weighted by Gasteiger charge is -2.41. The number of nitrogens with two attached hydrogens (primary N) is 1. The molecule has 3 fully saturated rings. The van der Waals surface area contributed by atoms with E-state index in [4.69, 9.17) is 5.73 Å². The Morgan fingerprint density at radius 3 is 2.23 bits per heavy atom. The summed E-state index contributed by atoms with van der Waals surface area (Å²) >= 11 is 0. The molecule has 0 spiro atoms. The quantitative estimate of drug-likeness (QED) is 0.847. The molecule has 3 rings (SSSR count). The highest BCUT2D eigenvalue weighted by atomic mass is 35.5. The topological polar surface area (TPSA) is 49.6 Å². The van der Waals surface area contributed by atoms with E-state index in [-0.39, 0.29) is 24.8 Å². The van der Waals surface area contributed by atoms with Crippen LogP contribution in [0.3, 0.4) is 0 Å². The van der Waals surface area contributed by atoms with Crippen LogP contribution in [0.15, 0.2) is 0 Å². The number of piperidine rings is 2. The Balaban J connectivity index is 0.00000121. The van der Waals surface area contributed by atoms with Gasteiger partial charge in [0.2, 0.25) is 5.91 Å². The summed E-state index contributed by atoms with van der Waals surface area (Å²) in [4.78, 5) is 16.6. The molecule has 2 aliphatic heterocycles. The van der Waals surface area contributed by atoms with Gasteiger partial charge in [0.05, 0.1) is 0 Å². The molecule has 3 aliphatic rings. The average Bonchev–Trinajstić information content (AvgIpc) is 2.63. The molecule has 0 aromatic heterocycles. The minimum atomic E-state index is 0. The number of halogens is 2. The van der Waals surface area contributed by atoms with Crippen molar-refractivity contribution in [3.63, 3.8) is 0 Å². The van der Waals surface area contributed by atoms with Crippen LogP contribution in [0.25, 0.3) is 0 Å². The van der Waals surface area contributed by atoms with Crippen LogP contribution in [0.2, 0.25) is 0 Å². The van der Waals surface area contributed by atoms with Gasteiger partial charge in [0.1, 0.15) is 0 Å². The van der Waals surface area contributed by atoms with Crippen molar-refractivity contribution in [3.05, 3.63) is 0 Å². The summed E-state index contributed by atoms with van der Waals surface area (Å²) in [5.41, 5.74) is 6.28. The van der Waals surface area contributed by atoms with Gasteiger partial charge in [-0.1, -0.05) is 0 Å². The van der Waals surface area contributed by atoms with Crippen molar-refractivity contribution < 1.29 is 4.79 Å². The van der Waals surface area contributed by atoms with E-state index in [1.54, 1.807) is 0 Å². The number of rotatable bonds is 3. The third-order valence-corrected chi connectivity index (χ3v) is 5.66. The zero-order chi connectivity index (χ0) is 14.3. The molecule has 1 aliphatic carbocycles. The number of hydrogen-bond donors (Lipinski definition) is 1. The van der Waals surface area contributed by atoms with Crippen LogP contribution in [0.5, 0.6) is 0 Å². The largest absolute Gasteiger partial charge is 0.340 e. The SMILES string of the molecule is CC(C)N1CC(CN2C[C@H]3CC[C@@H](C2)C3N)CCC1=O.Cl.Cl. The van der Waals surface area contributed by atoms with Gasteiger partial charge in [-0.3, -0.25) is 4.79 Å². The maximum atomic E-state index is 11.9. The second-order valence-corrected chi connectivity index (χ2v) is 7.44. The first-order chi connectivity index (χ1) is 9.54. The van der Waals surface area contributed by atoms with Gasteiger partial charge < -0.3 is 15.5 Å². The van der Waals surface area contributed by atoms with Crippen molar-refractivity contribution in [2.24, 2.45) is 23.5 Å². The molecule has 2 bridgehead atoms. The number of amides is 1. The van der Waals surface area contributed by atoms with Crippen LogP contribution in [0, 0.1) is 17.8 Å². The number of hydrogen-bond acceptors (Lipinski definition) is 3. The lowest BCUT2D eigenvalue weighted by Crippen LogP contribution is -2.52. The minimum absolute atomic E-state index is 0. The van der Waals surface area contributed by atoms with Gasteiger partial charge in [-0.2, -0.15) is 0 Å².